The van der Waals surface area contributed by atoms with Gasteiger partial charge in [-0.1, -0.05) is 30.3 Å². The van der Waals surface area contributed by atoms with Crippen LogP contribution < -0.4 is 10.1 Å². The molecule has 0 aliphatic rings. The highest BCUT2D eigenvalue weighted by atomic mass is 16.6. The number of ether oxygens (including phenoxy) is 1. The predicted octanol–water partition coefficient (Wildman–Crippen LogP) is 5.52. The monoisotopic (exact) mass is 393 g/mol. The third kappa shape index (κ3) is 4.49. The van der Waals surface area contributed by atoms with Crippen molar-refractivity contribution in [2.45, 2.75) is 20.4 Å². The first-order valence-electron chi connectivity index (χ1n) is 8.85. The summed E-state index contributed by atoms with van der Waals surface area (Å²) in [5, 5.41) is 25.6. The summed E-state index contributed by atoms with van der Waals surface area (Å²) in [5.74, 6) is 0.377. The molecule has 0 aliphatic heterocycles. The number of nitro benzene ring substituents is 2. The van der Waals surface area contributed by atoms with Gasteiger partial charge in [-0.3, -0.25) is 20.2 Å². The summed E-state index contributed by atoms with van der Waals surface area (Å²) in [5.41, 5.74) is 3.26. The third-order valence-electron chi connectivity index (χ3n) is 4.62. The topological polar surface area (TPSA) is 108 Å². The van der Waals surface area contributed by atoms with Crippen molar-refractivity contribution >= 4 is 17.1 Å². The minimum atomic E-state index is -0.695. The minimum Gasteiger partial charge on any atom is -0.450 e. The Kier molecular flexibility index (Phi) is 5.73. The Balaban J connectivity index is 1.87. The second-order valence-electron chi connectivity index (χ2n) is 6.48. The van der Waals surface area contributed by atoms with Gasteiger partial charge in [0.2, 0.25) is 5.75 Å². The van der Waals surface area contributed by atoms with E-state index in [1.807, 2.05) is 44.2 Å². The van der Waals surface area contributed by atoms with E-state index in [0.717, 1.165) is 22.9 Å². The van der Waals surface area contributed by atoms with E-state index in [1.165, 1.54) is 17.7 Å². The summed E-state index contributed by atoms with van der Waals surface area (Å²) in [4.78, 5) is 20.9. The van der Waals surface area contributed by atoms with Crippen LogP contribution in [0.2, 0.25) is 0 Å². The molecular formula is C21H19N3O5. The van der Waals surface area contributed by atoms with E-state index in [4.69, 9.17) is 4.74 Å². The first-order chi connectivity index (χ1) is 13.9. The highest BCUT2D eigenvalue weighted by Gasteiger charge is 2.21. The first kappa shape index (κ1) is 19.8. The molecule has 8 heteroatoms. The number of nitrogens with zero attached hydrogens (tertiary/aromatic N) is 2. The molecule has 0 bridgehead atoms. The Labute approximate surface area is 167 Å². The van der Waals surface area contributed by atoms with Gasteiger partial charge in [0, 0.05) is 23.9 Å². The van der Waals surface area contributed by atoms with E-state index >= 15 is 0 Å². The molecule has 0 aliphatic carbocycles. The molecule has 8 nitrogen and oxygen atoms in total. The molecule has 0 radical (unpaired) electrons. The van der Waals surface area contributed by atoms with Crippen LogP contribution >= 0.6 is 0 Å². The summed E-state index contributed by atoms with van der Waals surface area (Å²) in [7, 11) is 0. The number of para-hydroxylation sites is 1. The SMILES string of the molecule is Cc1cccc(NCc2ccccc2Oc2ccc([N+](=O)[O-])cc2[N+](=O)[O-])c1C. The first-order valence-corrected chi connectivity index (χ1v) is 8.85. The normalized spacial score (nSPS) is 10.4. The van der Waals surface area contributed by atoms with Crippen LogP contribution in [0.15, 0.2) is 60.7 Å². The van der Waals surface area contributed by atoms with Crippen molar-refractivity contribution in [1.82, 2.24) is 0 Å². The Morgan fingerprint density at radius 3 is 2.38 bits per heavy atom. The van der Waals surface area contributed by atoms with Crippen LogP contribution in [0.1, 0.15) is 16.7 Å². The van der Waals surface area contributed by atoms with Crippen LogP contribution in [-0.4, -0.2) is 9.85 Å². The second kappa shape index (κ2) is 8.39. The van der Waals surface area contributed by atoms with E-state index in [1.54, 1.807) is 12.1 Å². The molecule has 3 aromatic carbocycles. The van der Waals surface area contributed by atoms with Crippen molar-refractivity contribution in [3.8, 4) is 11.5 Å². The number of nitrogens with one attached hydrogen (secondary N) is 1. The Hall–Kier alpha value is -3.94. The zero-order chi connectivity index (χ0) is 21.0. The summed E-state index contributed by atoms with van der Waals surface area (Å²) < 4.78 is 5.77. The predicted molar refractivity (Wildman–Crippen MR) is 110 cm³/mol. The molecule has 3 rings (SSSR count). The molecule has 0 unspecified atom stereocenters. The number of benzene rings is 3. The zero-order valence-corrected chi connectivity index (χ0v) is 15.9. The minimum absolute atomic E-state index is 0.0558. The average Bonchev–Trinajstić information content (AvgIpc) is 2.70. The van der Waals surface area contributed by atoms with E-state index in [2.05, 4.69) is 5.32 Å². The lowest BCUT2D eigenvalue weighted by molar-refractivity contribution is -0.394. The molecule has 0 aromatic heterocycles. The fourth-order valence-corrected chi connectivity index (χ4v) is 2.85. The Morgan fingerprint density at radius 1 is 0.897 bits per heavy atom. The fourth-order valence-electron chi connectivity index (χ4n) is 2.85. The average molecular weight is 393 g/mol. The van der Waals surface area contributed by atoms with Crippen molar-refractivity contribution in [3.05, 3.63) is 97.6 Å². The molecule has 148 valence electrons. The largest absolute Gasteiger partial charge is 0.450 e. The van der Waals surface area contributed by atoms with E-state index < -0.39 is 15.5 Å². The molecule has 3 aromatic rings. The zero-order valence-electron chi connectivity index (χ0n) is 15.9. The molecular weight excluding hydrogens is 374 g/mol. The maximum atomic E-state index is 11.3. The van der Waals surface area contributed by atoms with E-state index in [-0.39, 0.29) is 11.4 Å². The lowest BCUT2D eigenvalue weighted by Gasteiger charge is -2.14. The number of hydrogen-bond acceptors (Lipinski definition) is 6. The maximum absolute atomic E-state index is 11.3. The molecule has 0 saturated heterocycles. The Morgan fingerprint density at radius 2 is 1.66 bits per heavy atom. The number of hydrogen-bond donors (Lipinski definition) is 1. The number of non-ortho nitro benzene ring substituents is 1. The van der Waals surface area contributed by atoms with E-state index in [9.17, 15) is 20.2 Å². The van der Waals surface area contributed by atoms with E-state index in [0.29, 0.717) is 12.3 Å². The summed E-state index contributed by atoms with van der Waals surface area (Å²) in [6.45, 7) is 4.51. The van der Waals surface area contributed by atoms with Gasteiger partial charge in [-0.25, -0.2) is 0 Å². The fraction of sp³-hybridized carbons (Fsp3) is 0.143. The second-order valence-corrected chi connectivity index (χ2v) is 6.48. The summed E-state index contributed by atoms with van der Waals surface area (Å²) >= 11 is 0. The molecule has 0 heterocycles. The third-order valence-corrected chi connectivity index (χ3v) is 4.62. The van der Waals surface area contributed by atoms with Crippen molar-refractivity contribution in [3.63, 3.8) is 0 Å². The van der Waals surface area contributed by atoms with Crippen LogP contribution in [0.4, 0.5) is 17.1 Å². The quantitative estimate of drug-likeness (QED) is 0.418. The highest BCUT2D eigenvalue weighted by molar-refractivity contribution is 5.57. The van der Waals surface area contributed by atoms with Crippen LogP contribution in [0, 0.1) is 34.1 Å². The molecule has 0 atom stereocenters. The van der Waals surface area contributed by atoms with Crippen LogP contribution in [0.5, 0.6) is 11.5 Å². The molecule has 0 amide bonds. The van der Waals surface area contributed by atoms with Gasteiger partial charge in [0.05, 0.1) is 15.9 Å². The van der Waals surface area contributed by atoms with Gasteiger partial charge in [-0.2, -0.15) is 0 Å². The van der Waals surface area contributed by atoms with Gasteiger partial charge < -0.3 is 10.1 Å². The van der Waals surface area contributed by atoms with Gasteiger partial charge in [-0.15, -0.1) is 0 Å². The van der Waals surface area contributed by atoms with Gasteiger partial charge in [0.1, 0.15) is 5.75 Å². The standard InChI is InChI=1S/C21H19N3O5/c1-14-6-5-8-18(15(14)2)22-13-16-7-3-4-9-20(16)29-21-11-10-17(23(25)26)12-19(21)24(27)28/h3-12,22H,13H2,1-2H3. The van der Waals surface area contributed by atoms with Gasteiger partial charge in [0.15, 0.2) is 0 Å². The summed E-state index contributed by atoms with van der Waals surface area (Å²) in [6, 6.07) is 16.4. The highest BCUT2D eigenvalue weighted by Crippen LogP contribution is 2.35. The number of nitro groups is 2. The molecule has 29 heavy (non-hydrogen) atoms. The van der Waals surface area contributed by atoms with Crippen molar-refractivity contribution in [2.75, 3.05) is 5.32 Å². The smallest absolute Gasteiger partial charge is 0.318 e. The van der Waals surface area contributed by atoms with Gasteiger partial charge in [-0.05, 0) is 43.2 Å². The summed E-state index contributed by atoms with van der Waals surface area (Å²) in [6.07, 6.45) is 0. The Bertz CT molecular complexity index is 1080. The molecule has 0 saturated carbocycles. The number of anilines is 1. The van der Waals surface area contributed by atoms with Crippen molar-refractivity contribution in [1.29, 1.82) is 0 Å². The van der Waals surface area contributed by atoms with Gasteiger partial charge in [0.25, 0.3) is 5.69 Å². The van der Waals surface area contributed by atoms with Crippen LogP contribution in [-0.2, 0) is 6.54 Å². The molecule has 0 fully saturated rings. The van der Waals surface area contributed by atoms with Crippen LogP contribution in [0.25, 0.3) is 0 Å². The van der Waals surface area contributed by atoms with Crippen LogP contribution in [0.3, 0.4) is 0 Å². The number of aryl methyl sites for hydroxylation is 1. The number of rotatable bonds is 7. The van der Waals surface area contributed by atoms with Gasteiger partial charge >= 0.3 is 5.69 Å². The van der Waals surface area contributed by atoms with Crippen molar-refractivity contribution in [2.24, 2.45) is 0 Å². The lowest BCUT2D eigenvalue weighted by atomic mass is 10.1. The maximum Gasteiger partial charge on any atom is 0.318 e. The molecule has 0 spiro atoms. The van der Waals surface area contributed by atoms with Crippen molar-refractivity contribution < 1.29 is 14.6 Å². The lowest BCUT2D eigenvalue weighted by Crippen LogP contribution is -2.04. The molecule has 1 N–H and O–H groups in total.